The predicted octanol–water partition coefficient (Wildman–Crippen LogP) is 4.12. The van der Waals surface area contributed by atoms with Crippen molar-refractivity contribution in [1.82, 2.24) is 9.55 Å². The number of ether oxygens (including phenoxy) is 1. The van der Waals surface area contributed by atoms with Gasteiger partial charge in [0, 0.05) is 10.7 Å². The summed E-state index contributed by atoms with van der Waals surface area (Å²) in [5.74, 6) is 0.567. The quantitative estimate of drug-likeness (QED) is 0.585. The van der Waals surface area contributed by atoms with Crippen LogP contribution in [-0.4, -0.2) is 33.8 Å². The highest BCUT2D eigenvalue weighted by molar-refractivity contribution is 7.97. The average Bonchev–Trinajstić information content (AvgIpc) is 3.01. The molecule has 1 N–H and O–H groups in total. The Morgan fingerprint density at radius 1 is 1.21 bits per heavy atom. The van der Waals surface area contributed by atoms with Crippen molar-refractivity contribution in [3.63, 3.8) is 0 Å². The van der Waals surface area contributed by atoms with Crippen molar-refractivity contribution >= 4 is 52.0 Å². The number of anilines is 1. The number of hydrogen-bond acceptors (Lipinski definition) is 5. The number of carbonyl (C=O) groups is 2. The minimum atomic E-state index is -0.929. The van der Waals surface area contributed by atoms with Gasteiger partial charge >= 0.3 is 5.97 Å². The lowest BCUT2D eigenvalue weighted by atomic mass is 10.3. The van der Waals surface area contributed by atoms with Crippen LogP contribution in [0.1, 0.15) is 12.7 Å². The molecule has 6 nitrogen and oxygen atoms in total. The van der Waals surface area contributed by atoms with E-state index < -0.39 is 18.0 Å². The van der Waals surface area contributed by atoms with E-state index in [0.717, 1.165) is 16.9 Å². The van der Waals surface area contributed by atoms with Crippen LogP contribution >= 0.6 is 23.4 Å². The Hall–Kier alpha value is -2.51. The molecule has 1 aromatic heterocycles. The maximum atomic E-state index is 12.4. The third-order valence-electron chi connectivity index (χ3n) is 4.08. The van der Waals surface area contributed by atoms with Crippen molar-refractivity contribution in [2.75, 3.05) is 11.6 Å². The normalized spacial score (nSPS) is 12.0. The summed E-state index contributed by atoms with van der Waals surface area (Å²) in [6, 6.07) is 14.3. The van der Waals surface area contributed by atoms with Crippen molar-refractivity contribution in [2.24, 2.45) is 0 Å². The molecule has 1 amide bonds. The van der Waals surface area contributed by atoms with Crippen LogP contribution in [0, 0.1) is 0 Å². The number of esters is 1. The fourth-order valence-corrected chi connectivity index (χ4v) is 3.34. The zero-order chi connectivity index (χ0) is 20.1. The van der Waals surface area contributed by atoms with Crippen LogP contribution in [0.2, 0.25) is 5.02 Å². The van der Waals surface area contributed by atoms with E-state index >= 15 is 0 Å². The first-order valence-electron chi connectivity index (χ1n) is 8.67. The van der Waals surface area contributed by atoms with Crippen molar-refractivity contribution < 1.29 is 14.3 Å². The van der Waals surface area contributed by atoms with Crippen LogP contribution in [0.15, 0.2) is 48.5 Å². The summed E-state index contributed by atoms with van der Waals surface area (Å²) in [7, 11) is 0. The van der Waals surface area contributed by atoms with Crippen molar-refractivity contribution in [2.45, 2.75) is 25.3 Å². The average molecular weight is 418 g/mol. The van der Waals surface area contributed by atoms with Crippen LogP contribution in [0.25, 0.3) is 11.0 Å². The minimum Gasteiger partial charge on any atom is -0.451 e. The molecule has 0 unspecified atom stereocenters. The Morgan fingerprint density at radius 2 is 1.93 bits per heavy atom. The summed E-state index contributed by atoms with van der Waals surface area (Å²) in [4.78, 5) is 29.3. The van der Waals surface area contributed by atoms with E-state index in [-0.39, 0.29) is 6.54 Å². The number of aromatic nitrogens is 2. The van der Waals surface area contributed by atoms with Gasteiger partial charge in [0.25, 0.3) is 5.91 Å². The number of rotatable bonds is 7. The van der Waals surface area contributed by atoms with Gasteiger partial charge < -0.3 is 14.6 Å². The number of fused-ring (bicyclic) bond motifs is 1. The smallest absolute Gasteiger partial charge is 0.326 e. The molecular formula is C20H20ClN3O3S. The van der Waals surface area contributed by atoms with Gasteiger partial charge in [-0.2, -0.15) is 11.8 Å². The number of nitrogens with zero attached hydrogens (tertiary/aromatic N) is 2. The maximum absolute atomic E-state index is 12.4. The number of nitrogens with one attached hydrogen (secondary N) is 1. The van der Waals surface area contributed by atoms with Crippen molar-refractivity contribution in [3.05, 3.63) is 59.4 Å². The highest BCUT2D eigenvalue weighted by atomic mass is 35.5. The number of imidazole rings is 1. The molecule has 1 atom stereocenters. The Kier molecular flexibility index (Phi) is 6.59. The molecule has 0 radical (unpaired) electrons. The number of halogens is 1. The number of hydrogen-bond donors (Lipinski definition) is 1. The molecule has 1 heterocycles. The van der Waals surface area contributed by atoms with E-state index in [9.17, 15) is 9.59 Å². The summed E-state index contributed by atoms with van der Waals surface area (Å²) in [6.07, 6.45) is 1.05. The maximum Gasteiger partial charge on any atom is 0.326 e. The first-order valence-corrected chi connectivity index (χ1v) is 10.4. The molecule has 8 heteroatoms. The SMILES string of the molecule is CSCc1nc2ccccc2n1CC(=O)O[C@@H](C)C(=O)Nc1ccc(Cl)cc1. The van der Waals surface area contributed by atoms with Crippen LogP contribution in [0.5, 0.6) is 0 Å². The summed E-state index contributed by atoms with van der Waals surface area (Å²) in [5.41, 5.74) is 2.27. The van der Waals surface area contributed by atoms with Gasteiger partial charge in [0.05, 0.1) is 16.8 Å². The molecule has 0 aliphatic carbocycles. The number of benzene rings is 2. The highest BCUT2D eigenvalue weighted by Crippen LogP contribution is 2.19. The van der Waals surface area contributed by atoms with Gasteiger partial charge in [-0.15, -0.1) is 0 Å². The van der Waals surface area contributed by atoms with Gasteiger partial charge in [-0.05, 0) is 49.6 Å². The molecule has 3 aromatic rings. The van der Waals surface area contributed by atoms with E-state index in [2.05, 4.69) is 10.3 Å². The minimum absolute atomic E-state index is 0.00499. The molecule has 0 fully saturated rings. The van der Waals surface area contributed by atoms with Gasteiger partial charge in [-0.3, -0.25) is 9.59 Å². The molecule has 0 aliphatic heterocycles. The first-order chi connectivity index (χ1) is 13.5. The molecule has 0 aliphatic rings. The van der Waals surface area contributed by atoms with Crippen LogP contribution in [0.3, 0.4) is 0 Å². The molecule has 2 aromatic carbocycles. The van der Waals surface area contributed by atoms with Crippen molar-refractivity contribution in [3.8, 4) is 0 Å². The second-order valence-corrected chi connectivity index (χ2v) is 7.47. The number of para-hydroxylation sites is 2. The third kappa shape index (κ3) is 4.85. The Bertz CT molecular complexity index is 988. The highest BCUT2D eigenvalue weighted by Gasteiger charge is 2.20. The first kappa shape index (κ1) is 20.2. The van der Waals surface area contributed by atoms with E-state index in [1.807, 2.05) is 35.1 Å². The fraction of sp³-hybridized carbons (Fsp3) is 0.250. The second kappa shape index (κ2) is 9.12. The Morgan fingerprint density at radius 3 is 2.64 bits per heavy atom. The lowest BCUT2D eigenvalue weighted by Gasteiger charge is -2.15. The summed E-state index contributed by atoms with van der Waals surface area (Å²) in [5, 5.41) is 3.27. The van der Waals surface area contributed by atoms with Gasteiger partial charge in [-0.25, -0.2) is 4.98 Å². The predicted molar refractivity (Wildman–Crippen MR) is 113 cm³/mol. The van der Waals surface area contributed by atoms with E-state index in [4.69, 9.17) is 16.3 Å². The Labute approximate surface area is 172 Å². The van der Waals surface area contributed by atoms with Gasteiger partial charge in [0.1, 0.15) is 12.4 Å². The summed E-state index contributed by atoms with van der Waals surface area (Å²) in [6.45, 7) is 1.53. The number of amides is 1. The molecule has 0 spiro atoms. The molecule has 146 valence electrons. The van der Waals surface area contributed by atoms with E-state index in [0.29, 0.717) is 16.5 Å². The van der Waals surface area contributed by atoms with E-state index in [1.165, 1.54) is 6.92 Å². The molecular weight excluding hydrogens is 398 g/mol. The van der Waals surface area contributed by atoms with E-state index in [1.54, 1.807) is 36.0 Å². The molecule has 3 rings (SSSR count). The number of thioether (sulfide) groups is 1. The van der Waals surface area contributed by atoms with Crippen LogP contribution in [-0.2, 0) is 26.6 Å². The molecule has 0 saturated heterocycles. The van der Waals surface area contributed by atoms with Crippen LogP contribution in [0.4, 0.5) is 5.69 Å². The van der Waals surface area contributed by atoms with Gasteiger partial charge in [-0.1, -0.05) is 23.7 Å². The number of carbonyl (C=O) groups excluding carboxylic acids is 2. The Balaban J connectivity index is 1.66. The summed E-state index contributed by atoms with van der Waals surface area (Å²) >= 11 is 7.46. The lowest BCUT2D eigenvalue weighted by Crippen LogP contribution is -2.31. The standard InChI is InChI=1S/C20H20ClN3O3S/c1-13(20(26)22-15-9-7-14(21)8-10-15)27-19(25)11-24-17-6-4-3-5-16(17)23-18(24)12-28-2/h3-10,13H,11-12H2,1-2H3,(H,22,26)/t13-/m0/s1. The van der Waals surface area contributed by atoms with Gasteiger partial charge in [0.2, 0.25) is 0 Å². The fourth-order valence-electron chi connectivity index (χ4n) is 2.74. The monoisotopic (exact) mass is 417 g/mol. The second-order valence-electron chi connectivity index (χ2n) is 6.16. The topological polar surface area (TPSA) is 73.2 Å². The van der Waals surface area contributed by atoms with Crippen LogP contribution < -0.4 is 5.32 Å². The molecule has 0 bridgehead atoms. The van der Waals surface area contributed by atoms with Gasteiger partial charge in [0.15, 0.2) is 6.10 Å². The zero-order valence-electron chi connectivity index (χ0n) is 15.5. The molecule has 28 heavy (non-hydrogen) atoms. The van der Waals surface area contributed by atoms with Crippen molar-refractivity contribution in [1.29, 1.82) is 0 Å². The lowest BCUT2D eigenvalue weighted by molar-refractivity contribution is -0.153. The third-order valence-corrected chi connectivity index (χ3v) is 4.88. The zero-order valence-corrected chi connectivity index (χ0v) is 17.1. The largest absolute Gasteiger partial charge is 0.451 e. The molecule has 0 saturated carbocycles. The summed E-state index contributed by atoms with van der Waals surface area (Å²) < 4.78 is 7.16.